The van der Waals surface area contributed by atoms with Crippen LogP contribution in [0, 0.1) is 6.92 Å². The molecule has 0 unspecified atom stereocenters. The van der Waals surface area contributed by atoms with Gasteiger partial charge in [-0.1, -0.05) is 29.3 Å². The fourth-order valence-corrected chi connectivity index (χ4v) is 2.41. The summed E-state index contributed by atoms with van der Waals surface area (Å²) in [6, 6.07) is 12.5. The third kappa shape index (κ3) is 3.72. The Balaban J connectivity index is 1.79. The number of rotatable bonds is 3. The number of carbonyl (C=O) groups is 1. The van der Waals surface area contributed by atoms with Gasteiger partial charge in [-0.3, -0.25) is 4.79 Å². The number of hydrogen-bond acceptors (Lipinski definition) is 3. The lowest BCUT2D eigenvalue weighted by Gasteiger charge is -2.09. The van der Waals surface area contributed by atoms with Gasteiger partial charge in [-0.15, -0.1) is 0 Å². The lowest BCUT2D eigenvalue weighted by Crippen LogP contribution is -2.13. The highest BCUT2D eigenvalue weighted by Crippen LogP contribution is 2.21. The molecule has 4 nitrogen and oxygen atoms in total. The van der Waals surface area contributed by atoms with Gasteiger partial charge in [0.1, 0.15) is 0 Å². The van der Waals surface area contributed by atoms with E-state index in [0.717, 1.165) is 11.1 Å². The average Bonchev–Trinajstić information content (AvgIpc) is 2.59. The number of aryl methyl sites for hydroxylation is 1. The molecular weight excluding hydrogens is 345 g/mol. The van der Waals surface area contributed by atoms with E-state index in [0.29, 0.717) is 27.1 Å². The molecule has 0 atom stereocenters. The van der Waals surface area contributed by atoms with Crippen molar-refractivity contribution in [3.63, 3.8) is 0 Å². The maximum atomic E-state index is 12.3. The number of nitrogens with one attached hydrogen (secondary N) is 1. The molecule has 0 radical (unpaired) electrons. The Bertz CT molecular complexity index is 878. The molecule has 0 bridgehead atoms. The lowest BCUT2D eigenvalue weighted by molar-refractivity contribution is 0.102. The van der Waals surface area contributed by atoms with E-state index < -0.39 is 0 Å². The molecule has 6 heteroatoms. The highest BCUT2D eigenvalue weighted by molar-refractivity contribution is 6.31. The van der Waals surface area contributed by atoms with E-state index in [1.165, 1.54) is 12.4 Å². The smallest absolute Gasteiger partial charge is 0.258 e. The summed E-state index contributed by atoms with van der Waals surface area (Å²) in [5, 5.41) is 4.02. The Hall–Kier alpha value is -2.43. The predicted molar refractivity (Wildman–Crippen MR) is 96.6 cm³/mol. The van der Waals surface area contributed by atoms with Crippen molar-refractivity contribution in [1.29, 1.82) is 0 Å². The third-order valence-electron chi connectivity index (χ3n) is 3.46. The van der Waals surface area contributed by atoms with Crippen molar-refractivity contribution >= 4 is 34.8 Å². The van der Waals surface area contributed by atoms with Gasteiger partial charge in [-0.05, 0) is 48.9 Å². The third-order valence-corrected chi connectivity index (χ3v) is 3.95. The second-order valence-electron chi connectivity index (χ2n) is 5.22. The van der Waals surface area contributed by atoms with Gasteiger partial charge in [-0.25, -0.2) is 9.97 Å². The topological polar surface area (TPSA) is 54.9 Å². The van der Waals surface area contributed by atoms with Gasteiger partial charge in [-0.2, -0.15) is 0 Å². The number of anilines is 1. The minimum Gasteiger partial charge on any atom is -0.322 e. The van der Waals surface area contributed by atoms with E-state index in [1.807, 2.05) is 25.1 Å². The van der Waals surface area contributed by atoms with E-state index in [-0.39, 0.29) is 5.91 Å². The Morgan fingerprint density at radius 3 is 2.25 bits per heavy atom. The van der Waals surface area contributed by atoms with Crippen LogP contribution in [0.15, 0.2) is 54.9 Å². The molecule has 1 N–H and O–H groups in total. The van der Waals surface area contributed by atoms with Crippen molar-refractivity contribution in [3.8, 4) is 11.4 Å². The molecular formula is C18H13Cl2N3O. The van der Waals surface area contributed by atoms with Crippen molar-refractivity contribution in [3.05, 3.63) is 76.0 Å². The zero-order chi connectivity index (χ0) is 17.1. The van der Waals surface area contributed by atoms with E-state index in [4.69, 9.17) is 23.2 Å². The summed E-state index contributed by atoms with van der Waals surface area (Å²) in [5.41, 5.74) is 2.78. The van der Waals surface area contributed by atoms with E-state index >= 15 is 0 Å². The molecule has 0 spiro atoms. The second-order valence-corrected chi connectivity index (χ2v) is 6.09. The molecule has 120 valence electrons. The molecule has 2 aromatic carbocycles. The summed E-state index contributed by atoms with van der Waals surface area (Å²) in [4.78, 5) is 20.8. The highest BCUT2D eigenvalue weighted by atomic mass is 35.5. The zero-order valence-corrected chi connectivity index (χ0v) is 14.3. The second kappa shape index (κ2) is 6.99. The number of amides is 1. The fourth-order valence-electron chi connectivity index (χ4n) is 2.12. The van der Waals surface area contributed by atoms with Crippen LogP contribution in [0.1, 0.15) is 15.9 Å². The van der Waals surface area contributed by atoms with Gasteiger partial charge < -0.3 is 5.32 Å². The van der Waals surface area contributed by atoms with Gasteiger partial charge in [0.2, 0.25) is 0 Å². The maximum Gasteiger partial charge on any atom is 0.258 e. The van der Waals surface area contributed by atoms with Gasteiger partial charge >= 0.3 is 0 Å². The minimum atomic E-state index is -0.289. The van der Waals surface area contributed by atoms with Crippen LogP contribution in [-0.4, -0.2) is 15.9 Å². The summed E-state index contributed by atoms with van der Waals surface area (Å²) in [5.74, 6) is 0.241. The van der Waals surface area contributed by atoms with Crippen LogP contribution in [0.4, 0.5) is 5.69 Å². The van der Waals surface area contributed by atoms with Gasteiger partial charge in [0.05, 0.1) is 5.56 Å². The summed E-state index contributed by atoms with van der Waals surface area (Å²) in [7, 11) is 0. The van der Waals surface area contributed by atoms with Crippen LogP contribution in [-0.2, 0) is 0 Å². The van der Waals surface area contributed by atoms with Crippen molar-refractivity contribution in [1.82, 2.24) is 9.97 Å². The minimum absolute atomic E-state index is 0.289. The Morgan fingerprint density at radius 1 is 0.958 bits per heavy atom. The average molecular weight is 358 g/mol. The highest BCUT2D eigenvalue weighted by Gasteiger charge is 2.10. The summed E-state index contributed by atoms with van der Waals surface area (Å²) in [6.07, 6.45) is 2.98. The first-order chi connectivity index (χ1) is 11.5. The molecule has 0 aliphatic rings. The molecule has 3 aromatic rings. The summed E-state index contributed by atoms with van der Waals surface area (Å²) >= 11 is 11.8. The Labute approximate surface area is 149 Å². The molecule has 3 rings (SSSR count). The lowest BCUT2D eigenvalue weighted by atomic mass is 10.2. The first kappa shape index (κ1) is 16.4. The Morgan fingerprint density at radius 2 is 1.58 bits per heavy atom. The number of aromatic nitrogens is 2. The molecule has 1 heterocycles. The van der Waals surface area contributed by atoms with E-state index in [9.17, 15) is 4.79 Å². The number of carbonyl (C=O) groups excluding carboxylic acids is 1. The van der Waals surface area contributed by atoms with E-state index in [1.54, 1.807) is 24.3 Å². The van der Waals surface area contributed by atoms with Crippen LogP contribution >= 0.6 is 23.2 Å². The number of hydrogen-bond donors (Lipinski definition) is 1. The normalized spacial score (nSPS) is 10.5. The Kier molecular flexibility index (Phi) is 4.79. The summed E-state index contributed by atoms with van der Waals surface area (Å²) < 4.78 is 0. The molecule has 1 amide bonds. The van der Waals surface area contributed by atoms with Crippen LogP contribution in [0.2, 0.25) is 10.0 Å². The van der Waals surface area contributed by atoms with Crippen molar-refractivity contribution in [2.75, 3.05) is 5.32 Å². The summed E-state index contributed by atoms with van der Waals surface area (Å²) in [6.45, 7) is 1.89. The molecule has 0 aliphatic carbocycles. The van der Waals surface area contributed by atoms with Crippen molar-refractivity contribution < 1.29 is 4.79 Å². The standard InChI is InChI=1S/C18H13Cl2N3O/c1-11-2-5-15(20)8-16(11)23-18(24)13-9-21-17(22-10-13)12-3-6-14(19)7-4-12/h2-10H,1H3,(H,23,24). The molecule has 0 saturated heterocycles. The molecule has 0 aliphatic heterocycles. The van der Waals surface area contributed by atoms with Gasteiger partial charge in [0.25, 0.3) is 5.91 Å². The number of nitrogens with zero attached hydrogens (tertiary/aromatic N) is 2. The maximum absolute atomic E-state index is 12.3. The van der Waals surface area contributed by atoms with Crippen molar-refractivity contribution in [2.24, 2.45) is 0 Å². The van der Waals surface area contributed by atoms with Gasteiger partial charge in [0, 0.05) is 33.7 Å². The predicted octanol–water partition coefficient (Wildman–Crippen LogP) is 5.01. The first-order valence-corrected chi connectivity index (χ1v) is 7.94. The number of halogens is 2. The largest absolute Gasteiger partial charge is 0.322 e. The van der Waals surface area contributed by atoms with Crippen LogP contribution in [0.25, 0.3) is 11.4 Å². The first-order valence-electron chi connectivity index (χ1n) is 7.18. The van der Waals surface area contributed by atoms with Crippen LogP contribution in [0.3, 0.4) is 0 Å². The zero-order valence-electron chi connectivity index (χ0n) is 12.8. The SMILES string of the molecule is Cc1ccc(Cl)cc1NC(=O)c1cnc(-c2ccc(Cl)cc2)nc1. The molecule has 1 aromatic heterocycles. The fraction of sp³-hybridized carbons (Fsp3) is 0.0556. The quantitative estimate of drug-likeness (QED) is 0.716. The van der Waals surface area contributed by atoms with Crippen LogP contribution in [0.5, 0.6) is 0 Å². The van der Waals surface area contributed by atoms with Crippen LogP contribution < -0.4 is 5.32 Å². The molecule has 0 fully saturated rings. The van der Waals surface area contributed by atoms with E-state index in [2.05, 4.69) is 15.3 Å². The van der Waals surface area contributed by atoms with Gasteiger partial charge in [0.15, 0.2) is 5.82 Å². The monoisotopic (exact) mass is 357 g/mol. The van der Waals surface area contributed by atoms with Crippen molar-refractivity contribution in [2.45, 2.75) is 6.92 Å². The molecule has 0 saturated carbocycles. The number of benzene rings is 2. The molecule has 24 heavy (non-hydrogen) atoms.